The normalized spacial score (nSPS) is 22.5. The van der Waals surface area contributed by atoms with Crippen LogP contribution in [-0.4, -0.2) is 41.4 Å². The van der Waals surface area contributed by atoms with E-state index in [0.29, 0.717) is 13.2 Å². The summed E-state index contributed by atoms with van der Waals surface area (Å²) in [6, 6.07) is 11.8. The Morgan fingerprint density at radius 3 is 2.63 bits per heavy atom. The molecule has 1 aromatic heterocycles. The van der Waals surface area contributed by atoms with Crippen LogP contribution in [0, 0.1) is 11.8 Å². The van der Waals surface area contributed by atoms with E-state index in [0.717, 1.165) is 29.8 Å². The van der Waals surface area contributed by atoms with Crippen LogP contribution in [0.2, 0.25) is 0 Å². The van der Waals surface area contributed by atoms with Crippen LogP contribution in [0.15, 0.2) is 42.6 Å². The number of aryl methyl sites for hydroxylation is 1. The van der Waals surface area contributed by atoms with Crippen LogP contribution in [0.5, 0.6) is 0 Å². The van der Waals surface area contributed by atoms with Crippen molar-refractivity contribution >= 4 is 0 Å². The molecule has 3 nitrogen and oxygen atoms in total. The van der Waals surface area contributed by atoms with E-state index in [1.165, 1.54) is 0 Å². The quantitative estimate of drug-likeness (QED) is 0.740. The van der Waals surface area contributed by atoms with Gasteiger partial charge in [-0.1, -0.05) is 30.0 Å². The van der Waals surface area contributed by atoms with Gasteiger partial charge >= 0.3 is 6.18 Å². The maximum atomic E-state index is 12.6. The van der Waals surface area contributed by atoms with E-state index in [1.807, 2.05) is 47.5 Å². The SMILES string of the molecule is FC(F)(F)CCN1CCOC2c3cc(C#Cc4ccccc4)cn3CCC21. The third-order valence-corrected chi connectivity index (χ3v) is 5.19. The number of aromatic nitrogens is 1. The average Bonchev–Trinajstić information content (AvgIpc) is 3.08. The molecule has 2 aliphatic rings. The summed E-state index contributed by atoms with van der Waals surface area (Å²) in [5.41, 5.74) is 2.87. The highest BCUT2D eigenvalue weighted by atomic mass is 19.4. The Balaban J connectivity index is 1.51. The summed E-state index contributed by atoms with van der Waals surface area (Å²) in [5.74, 6) is 6.33. The summed E-state index contributed by atoms with van der Waals surface area (Å²) in [5, 5.41) is 0. The fourth-order valence-corrected chi connectivity index (χ4v) is 3.90. The van der Waals surface area contributed by atoms with Gasteiger partial charge in [0.2, 0.25) is 0 Å². The van der Waals surface area contributed by atoms with Gasteiger partial charge in [-0.05, 0) is 24.6 Å². The minimum Gasteiger partial charge on any atom is -0.369 e. The molecule has 27 heavy (non-hydrogen) atoms. The first-order valence-corrected chi connectivity index (χ1v) is 9.19. The maximum Gasteiger partial charge on any atom is 0.390 e. The molecule has 0 aliphatic carbocycles. The summed E-state index contributed by atoms with van der Waals surface area (Å²) in [7, 11) is 0. The smallest absolute Gasteiger partial charge is 0.369 e. The first-order valence-electron chi connectivity index (χ1n) is 9.19. The third kappa shape index (κ3) is 4.20. The largest absolute Gasteiger partial charge is 0.390 e. The molecule has 0 saturated carbocycles. The molecule has 142 valence electrons. The van der Waals surface area contributed by atoms with Crippen LogP contribution in [0.25, 0.3) is 0 Å². The summed E-state index contributed by atoms with van der Waals surface area (Å²) >= 11 is 0. The molecule has 6 heteroatoms. The number of halogens is 3. The van der Waals surface area contributed by atoms with E-state index in [-0.39, 0.29) is 18.7 Å². The molecular formula is C21H21F3N2O. The van der Waals surface area contributed by atoms with Gasteiger partial charge in [0.1, 0.15) is 6.10 Å². The van der Waals surface area contributed by atoms with Gasteiger partial charge in [-0.15, -0.1) is 0 Å². The van der Waals surface area contributed by atoms with Gasteiger partial charge in [0, 0.05) is 48.7 Å². The number of benzene rings is 1. The summed E-state index contributed by atoms with van der Waals surface area (Å²) < 4.78 is 46.0. The van der Waals surface area contributed by atoms with Crippen molar-refractivity contribution in [3.8, 4) is 11.8 Å². The number of fused-ring (bicyclic) bond motifs is 3. The van der Waals surface area contributed by atoms with E-state index in [9.17, 15) is 13.2 Å². The Labute approximate surface area is 156 Å². The maximum absolute atomic E-state index is 12.6. The predicted molar refractivity (Wildman–Crippen MR) is 96.2 cm³/mol. The lowest BCUT2D eigenvalue weighted by atomic mass is 9.97. The lowest BCUT2D eigenvalue weighted by molar-refractivity contribution is -0.149. The molecule has 0 amide bonds. The Kier molecular flexibility index (Phi) is 4.98. The van der Waals surface area contributed by atoms with Crippen molar-refractivity contribution in [2.45, 2.75) is 37.7 Å². The van der Waals surface area contributed by atoms with Crippen molar-refractivity contribution in [1.29, 1.82) is 0 Å². The second kappa shape index (κ2) is 7.41. The second-order valence-electron chi connectivity index (χ2n) is 7.01. The molecule has 1 saturated heterocycles. The van der Waals surface area contributed by atoms with Crippen LogP contribution in [-0.2, 0) is 11.3 Å². The molecule has 2 aromatic rings. The molecule has 2 unspecified atom stereocenters. The first-order chi connectivity index (χ1) is 13.0. The van der Waals surface area contributed by atoms with Crippen LogP contribution < -0.4 is 0 Å². The number of ether oxygens (including phenoxy) is 1. The molecule has 0 spiro atoms. The lowest BCUT2D eigenvalue weighted by Crippen LogP contribution is -2.50. The van der Waals surface area contributed by atoms with Crippen molar-refractivity contribution in [2.24, 2.45) is 0 Å². The molecule has 2 aliphatic heterocycles. The summed E-state index contributed by atoms with van der Waals surface area (Å²) in [6.45, 7) is 1.82. The monoisotopic (exact) mass is 374 g/mol. The highest BCUT2D eigenvalue weighted by Crippen LogP contribution is 2.36. The predicted octanol–water partition coefficient (Wildman–Crippen LogP) is 3.99. The highest BCUT2D eigenvalue weighted by molar-refractivity contribution is 5.43. The molecule has 0 N–H and O–H groups in total. The minimum atomic E-state index is -4.12. The van der Waals surface area contributed by atoms with E-state index >= 15 is 0 Å². The van der Waals surface area contributed by atoms with Crippen molar-refractivity contribution < 1.29 is 17.9 Å². The topological polar surface area (TPSA) is 17.4 Å². The molecule has 3 heterocycles. The molecule has 0 bridgehead atoms. The molecular weight excluding hydrogens is 353 g/mol. The molecule has 1 aromatic carbocycles. The fourth-order valence-electron chi connectivity index (χ4n) is 3.90. The molecule has 0 radical (unpaired) electrons. The van der Waals surface area contributed by atoms with Crippen molar-refractivity contribution in [3.05, 3.63) is 59.4 Å². The second-order valence-corrected chi connectivity index (χ2v) is 7.01. The molecule has 1 fully saturated rings. The Bertz CT molecular complexity index is 848. The highest BCUT2D eigenvalue weighted by Gasteiger charge is 2.39. The van der Waals surface area contributed by atoms with Crippen molar-refractivity contribution in [3.63, 3.8) is 0 Å². The standard InChI is InChI=1S/C21H21F3N2O/c22-21(23,24)9-11-25-12-13-27-20-18(25)8-10-26-15-17(14-19(20)26)7-6-16-4-2-1-3-5-16/h1-5,14-15,18,20H,8-13H2. The number of hydrogen-bond acceptors (Lipinski definition) is 2. The minimum absolute atomic E-state index is 0.00145. The van der Waals surface area contributed by atoms with Crippen molar-refractivity contribution in [1.82, 2.24) is 9.47 Å². The Hall–Kier alpha value is -2.23. The van der Waals surface area contributed by atoms with Gasteiger partial charge in [-0.2, -0.15) is 13.2 Å². The summed E-state index contributed by atoms with van der Waals surface area (Å²) in [6.07, 6.45) is -2.28. The van der Waals surface area contributed by atoms with E-state index in [4.69, 9.17) is 4.74 Å². The van der Waals surface area contributed by atoms with Gasteiger partial charge < -0.3 is 9.30 Å². The zero-order valence-electron chi connectivity index (χ0n) is 14.9. The number of rotatable bonds is 2. The van der Waals surface area contributed by atoms with Crippen LogP contribution in [0.4, 0.5) is 13.2 Å². The molecule has 4 rings (SSSR count). The van der Waals surface area contributed by atoms with Gasteiger partial charge in [0.25, 0.3) is 0 Å². The average molecular weight is 374 g/mol. The summed E-state index contributed by atoms with van der Waals surface area (Å²) in [4.78, 5) is 1.94. The number of morpholine rings is 1. The van der Waals surface area contributed by atoms with E-state index < -0.39 is 12.6 Å². The van der Waals surface area contributed by atoms with Crippen LogP contribution in [0.1, 0.15) is 35.8 Å². The van der Waals surface area contributed by atoms with Gasteiger partial charge in [-0.3, -0.25) is 4.90 Å². The number of nitrogens with zero attached hydrogens (tertiary/aromatic N) is 2. The van der Waals surface area contributed by atoms with E-state index in [2.05, 4.69) is 16.4 Å². The fraction of sp³-hybridized carbons (Fsp3) is 0.429. The first kappa shape index (κ1) is 18.1. The van der Waals surface area contributed by atoms with Gasteiger partial charge in [-0.25, -0.2) is 0 Å². The third-order valence-electron chi connectivity index (χ3n) is 5.19. The zero-order chi connectivity index (χ0) is 18.9. The van der Waals surface area contributed by atoms with Crippen LogP contribution in [0.3, 0.4) is 0 Å². The molecule has 2 atom stereocenters. The zero-order valence-corrected chi connectivity index (χ0v) is 14.9. The Morgan fingerprint density at radius 2 is 1.85 bits per heavy atom. The van der Waals surface area contributed by atoms with E-state index in [1.54, 1.807) is 0 Å². The number of alkyl halides is 3. The lowest BCUT2D eigenvalue weighted by Gasteiger charge is -2.44. The Morgan fingerprint density at radius 1 is 1.07 bits per heavy atom. The van der Waals surface area contributed by atoms with Crippen molar-refractivity contribution in [2.75, 3.05) is 19.7 Å². The van der Waals surface area contributed by atoms with Crippen LogP contribution >= 0.6 is 0 Å². The number of hydrogen-bond donors (Lipinski definition) is 0. The van der Waals surface area contributed by atoms with Gasteiger partial charge in [0.05, 0.1) is 13.0 Å². The van der Waals surface area contributed by atoms with Gasteiger partial charge in [0.15, 0.2) is 0 Å².